The fourth-order valence-corrected chi connectivity index (χ4v) is 3.69. The van der Waals surface area contributed by atoms with E-state index >= 15 is 0 Å². The monoisotopic (exact) mass is 522 g/mol. The van der Waals surface area contributed by atoms with E-state index in [-0.39, 0.29) is 18.6 Å². The lowest BCUT2D eigenvalue weighted by molar-refractivity contribution is -0.136. The number of aromatic nitrogens is 1. The van der Waals surface area contributed by atoms with Gasteiger partial charge in [-0.2, -0.15) is 13.2 Å². The first kappa shape index (κ1) is 28.2. The Hall–Kier alpha value is -4.33. The highest BCUT2D eigenvalue weighted by Gasteiger charge is 2.26. The van der Waals surface area contributed by atoms with E-state index in [4.69, 9.17) is 4.74 Å². The van der Waals surface area contributed by atoms with Gasteiger partial charge < -0.3 is 15.0 Å². The van der Waals surface area contributed by atoms with Crippen LogP contribution in [-0.2, 0) is 0 Å². The predicted molar refractivity (Wildman–Crippen MR) is 144 cm³/mol. The van der Waals surface area contributed by atoms with E-state index in [1.165, 1.54) is 0 Å². The summed E-state index contributed by atoms with van der Waals surface area (Å²) >= 11 is 0. The number of rotatable bonds is 8. The number of ether oxygens (including phenoxy) is 1. The molecule has 0 atom stereocenters. The Bertz CT molecular complexity index is 1370. The van der Waals surface area contributed by atoms with E-state index in [0.29, 0.717) is 33.8 Å². The normalized spacial score (nSPS) is 10.8. The molecule has 0 aliphatic heterocycles. The maximum Gasteiger partial charge on any atom is 0.389 e. The molecule has 1 aromatic heterocycles. The van der Waals surface area contributed by atoms with Crippen LogP contribution in [0.4, 0.5) is 18.9 Å². The van der Waals surface area contributed by atoms with Crippen LogP contribution in [0.5, 0.6) is 5.75 Å². The standard InChI is InChI=1S/C28H23F3N2O3.C2H6/c29-28(30,31)16-7-17-36-22-14-12-20(13-15-22)24-18-23(19-8-3-1-4-9-19)25(27(35)33-24)26(34)32-21-10-5-2-6-11-21;1-2/h1-6,8-15,18H,7,16-17H2,(H,32,34)(H,33,35);1-2H3. The predicted octanol–water partition coefficient (Wildman–Crippen LogP) is 7.71. The molecule has 5 nitrogen and oxygen atoms in total. The number of para-hydroxylation sites is 1. The van der Waals surface area contributed by atoms with Crippen LogP contribution < -0.4 is 15.6 Å². The van der Waals surface area contributed by atoms with E-state index in [9.17, 15) is 22.8 Å². The smallest absolute Gasteiger partial charge is 0.389 e. The summed E-state index contributed by atoms with van der Waals surface area (Å²) in [7, 11) is 0. The van der Waals surface area contributed by atoms with E-state index in [1.807, 2.05) is 50.2 Å². The zero-order valence-corrected chi connectivity index (χ0v) is 21.1. The molecule has 0 aliphatic rings. The van der Waals surface area contributed by atoms with E-state index in [2.05, 4.69) is 10.3 Å². The Kier molecular flexibility index (Phi) is 9.87. The zero-order chi connectivity index (χ0) is 27.5. The largest absolute Gasteiger partial charge is 0.494 e. The molecule has 0 spiro atoms. The molecule has 0 radical (unpaired) electrons. The fraction of sp³-hybridized carbons (Fsp3) is 0.200. The second-order valence-electron chi connectivity index (χ2n) is 8.08. The summed E-state index contributed by atoms with van der Waals surface area (Å²) in [5.41, 5.74) is 2.31. The van der Waals surface area contributed by atoms with E-state index < -0.39 is 24.1 Å². The van der Waals surface area contributed by atoms with Crippen molar-refractivity contribution in [3.8, 4) is 28.1 Å². The number of hydrogen-bond acceptors (Lipinski definition) is 3. The molecular formula is C30H29F3N2O3. The maximum atomic E-state index is 13.1. The lowest BCUT2D eigenvalue weighted by Crippen LogP contribution is -2.25. The minimum Gasteiger partial charge on any atom is -0.494 e. The van der Waals surface area contributed by atoms with Crippen LogP contribution in [-0.4, -0.2) is 23.7 Å². The Morgan fingerprint density at radius 1 is 0.868 bits per heavy atom. The number of anilines is 1. The summed E-state index contributed by atoms with van der Waals surface area (Å²) in [5, 5.41) is 2.76. The van der Waals surface area contributed by atoms with Crippen LogP contribution in [0.15, 0.2) is 95.8 Å². The lowest BCUT2D eigenvalue weighted by atomic mass is 9.98. The van der Waals surface area contributed by atoms with Gasteiger partial charge in [0.1, 0.15) is 11.3 Å². The summed E-state index contributed by atoms with van der Waals surface area (Å²) in [6.07, 6.45) is -5.25. The minimum atomic E-state index is -4.21. The van der Waals surface area contributed by atoms with E-state index in [1.54, 1.807) is 54.6 Å². The number of halogens is 3. The van der Waals surface area contributed by atoms with Gasteiger partial charge >= 0.3 is 6.18 Å². The lowest BCUT2D eigenvalue weighted by Gasteiger charge is -2.13. The van der Waals surface area contributed by atoms with Gasteiger partial charge in [0.2, 0.25) is 0 Å². The van der Waals surface area contributed by atoms with Gasteiger partial charge in [-0.05, 0) is 60.0 Å². The highest BCUT2D eigenvalue weighted by Crippen LogP contribution is 2.28. The Morgan fingerprint density at radius 3 is 2.08 bits per heavy atom. The van der Waals surface area contributed by atoms with Crippen molar-refractivity contribution in [3.05, 3.63) is 107 Å². The van der Waals surface area contributed by atoms with Gasteiger partial charge in [0, 0.05) is 23.4 Å². The van der Waals surface area contributed by atoms with Crippen LogP contribution in [0.25, 0.3) is 22.4 Å². The molecule has 1 amide bonds. The molecule has 1 heterocycles. The van der Waals surface area contributed by atoms with Crippen molar-refractivity contribution in [2.24, 2.45) is 0 Å². The van der Waals surface area contributed by atoms with Crippen LogP contribution in [0, 0.1) is 0 Å². The Labute approximate surface area is 219 Å². The summed E-state index contributed by atoms with van der Waals surface area (Å²) in [6.45, 7) is 3.94. The van der Waals surface area contributed by atoms with Crippen LogP contribution >= 0.6 is 0 Å². The second kappa shape index (κ2) is 13.3. The number of aromatic amines is 1. The van der Waals surface area contributed by atoms with E-state index in [0.717, 1.165) is 0 Å². The summed E-state index contributed by atoms with van der Waals surface area (Å²) in [5.74, 6) is -0.110. The average Bonchev–Trinajstić information content (AvgIpc) is 2.92. The number of carbonyl (C=O) groups is 1. The van der Waals surface area contributed by atoms with Crippen molar-refractivity contribution in [1.29, 1.82) is 0 Å². The maximum absolute atomic E-state index is 13.1. The first-order chi connectivity index (χ1) is 18.3. The molecule has 0 bridgehead atoms. The number of H-pyrrole nitrogens is 1. The molecular weight excluding hydrogens is 493 g/mol. The highest BCUT2D eigenvalue weighted by atomic mass is 19.4. The van der Waals surface area contributed by atoms with Gasteiger partial charge in [-0.15, -0.1) is 0 Å². The third-order valence-electron chi connectivity index (χ3n) is 5.42. The number of hydrogen-bond donors (Lipinski definition) is 2. The molecule has 0 saturated carbocycles. The average molecular weight is 523 g/mol. The molecule has 3 aromatic carbocycles. The molecule has 2 N–H and O–H groups in total. The highest BCUT2D eigenvalue weighted by molar-refractivity contribution is 6.08. The molecule has 0 aliphatic carbocycles. The van der Waals surface area contributed by atoms with Crippen molar-refractivity contribution in [2.75, 3.05) is 11.9 Å². The first-order valence-electron chi connectivity index (χ1n) is 12.3. The van der Waals surface area contributed by atoms with Crippen LogP contribution in [0.1, 0.15) is 37.0 Å². The van der Waals surface area contributed by atoms with Gasteiger partial charge in [0.05, 0.1) is 6.61 Å². The quantitative estimate of drug-likeness (QED) is 0.233. The van der Waals surface area contributed by atoms with Crippen molar-refractivity contribution >= 4 is 11.6 Å². The third kappa shape index (κ3) is 7.83. The number of amides is 1. The number of alkyl halides is 3. The Balaban J connectivity index is 0.00000195. The molecule has 38 heavy (non-hydrogen) atoms. The van der Waals surface area contributed by atoms with Crippen molar-refractivity contribution in [2.45, 2.75) is 32.9 Å². The number of nitrogens with one attached hydrogen (secondary N) is 2. The third-order valence-corrected chi connectivity index (χ3v) is 5.42. The fourth-order valence-electron chi connectivity index (χ4n) is 3.69. The Morgan fingerprint density at radius 2 is 1.47 bits per heavy atom. The zero-order valence-electron chi connectivity index (χ0n) is 21.1. The molecule has 0 unspecified atom stereocenters. The van der Waals surface area contributed by atoms with Crippen molar-refractivity contribution in [3.63, 3.8) is 0 Å². The molecule has 4 aromatic rings. The summed E-state index contributed by atoms with van der Waals surface area (Å²) in [4.78, 5) is 29.0. The number of pyridine rings is 1. The minimum absolute atomic E-state index is 0.0154. The van der Waals surface area contributed by atoms with Crippen molar-refractivity contribution < 1.29 is 22.7 Å². The van der Waals surface area contributed by atoms with Gasteiger partial charge in [-0.25, -0.2) is 0 Å². The number of benzene rings is 3. The summed E-state index contributed by atoms with van der Waals surface area (Å²) < 4.78 is 42.3. The number of carbonyl (C=O) groups excluding carboxylic acids is 1. The molecule has 198 valence electrons. The van der Waals surface area contributed by atoms with Gasteiger partial charge in [-0.1, -0.05) is 62.4 Å². The molecule has 0 saturated heterocycles. The van der Waals surface area contributed by atoms with Gasteiger partial charge in [0.15, 0.2) is 0 Å². The van der Waals surface area contributed by atoms with Crippen molar-refractivity contribution in [1.82, 2.24) is 4.98 Å². The second-order valence-corrected chi connectivity index (χ2v) is 8.08. The molecule has 8 heteroatoms. The van der Waals surface area contributed by atoms with Crippen LogP contribution in [0.2, 0.25) is 0 Å². The van der Waals surface area contributed by atoms with Crippen LogP contribution in [0.3, 0.4) is 0 Å². The van der Waals surface area contributed by atoms with Gasteiger partial charge in [-0.3, -0.25) is 9.59 Å². The summed E-state index contributed by atoms with van der Waals surface area (Å²) in [6, 6.07) is 26.3. The topological polar surface area (TPSA) is 71.2 Å². The first-order valence-corrected chi connectivity index (χ1v) is 12.3. The molecule has 4 rings (SSSR count). The molecule has 0 fully saturated rings. The van der Waals surface area contributed by atoms with Gasteiger partial charge in [0.25, 0.3) is 11.5 Å². The SMILES string of the molecule is CC.O=C(Nc1ccccc1)c1c(-c2ccccc2)cc(-c2ccc(OCCCC(F)(F)F)cc2)[nH]c1=O.